The molecule has 0 bridgehead atoms. The number of piperidine rings is 1. The van der Waals surface area contributed by atoms with Gasteiger partial charge >= 0.3 is 0 Å². The van der Waals surface area contributed by atoms with E-state index in [-0.39, 0.29) is 0 Å². The molecular formula is C13H26N2O. The topological polar surface area (TPSA) is 49.5 Å². The van der Waals surface area contributed by atoms with Gasteiger partial charge in [0, 0.05) is 25.7 Å². The lowest BCUT2D eigenvalue weighted by molar-refractivity contribution is -0.0254. The third-order valence-electron chi connectivity index (χ3n) is 4.45. The van der Waals surface area contributed by atoms with E-state index >= 15 is 0 Å². The van der Waals surface area contributed by atoms with Crippen molar-refractivity contribution >= 4 is 0 Å². The van der Waals surface area contributed by atoms with Gasteiger partial charge in [0.2, 0.25) is 0 Å². The van der Waals surface area contributed by atoms with Crippen molar-refractivity contribution in [3.8, 4) is 0 Å². The molecule has 2 fully saturated rings. The number of nitrogens with zero attached hydrogens (tertiary/aromatic N) is 1. The van der Waals surface area contributed by atoms with Crippen molar-refractivity contribution < 1.29 is 5.11 Å². The molecule has 0 unspecified atom stereocenters. The quantitative estimate of drug-likeness (QED) is 0.701. The number of nitrogens with two attached hydrogens (primary N) is 1. The molecule has 0 aromatic rings. The lowest BCUT2D eigenvalue weighted by atomic mass is 9.90. The molecule has 2 rings (SSSR count). The fourth-order valence-corrected chi connectivity index (χ4v) is 3.13. The largest absolute Gasteiger partial charge is 0.388 e. The van der Waals surface area contributed by atoms with Crippen LogP contribution >= 0.6 is 0 Å². The predicted molar refractivity (Wildman–Crippen MR) is 66.3 cm³/mol. The second-order valence-electron chi connectivity index (χ2n) is 5.61. The monoisotopic (exact) mass is 226 g/mol. The van der Waals surface area contributed by atoms with Gasteiger partial charge in [0.1, 0.15) is 0 Å². The maximum Gasteiger partial charge on any atom is 0.0793 e. The van der Waals surface area contributed by atoms with Crippen LogP contribution in [0.3, 0.4) is 0 Å². The van der Waals surface area contributed by atoms with Crippen LogP contribution in [0.25, 0.3) is 0 Å². The Balaban J connectivity index is 1.83. The van der Waals surface area contributed by atoms with E-state index in [2.05, 4.69) is 4.90 Å². The van der Waals surface area contributed by atoms with Crippen molar-refractivity contribution in [2.24, 2.45) is 5.73 Å². The normalized spacial score (nSPS) is 28.9. The smallest absolute Gasteiger partial charge is 0.0793 e. The summed E-state index contributed by atoms with van der Waals surface area (Å²) >= 11 is 0. The van der Waals surface area contributed by atoms with Crippen LogP contribution in [0.15, 0.2) is 0 Å². The van der Waals surface area contributed by atoms with Crippen molar-refractivity contribution in [1.82, 2.24) is 4.90 Å². The van der Waals surface area contributed by atoms with E-state index in [1.54, 1.807) is 0 Å². The minimum atomic E-state index is -0.568. The molecule has 1 aliphatic carbocycles. The summed E-state index contributed by atoms with van der Waals surface area (Å²) in [5.74, 6) is 0. The molecule has 94 valence electrons. The highest BCUT2D eigenvalue weighted by atomic mass is 16.3. The maximum absolute atomic E-state index is 10.1. The molecular weight excluding hydrogens is 200 g/mol. The van der Waals surface area contributed by atoms with E-state index in [1.807, 2.05) is 0 Å². The third kappa shape index (κ3) is 2.96. The molecule has 0 amide bonds. The minimum Gasteiger partial charge on any atom is -0.388 e. The van der Waals surface area contributed by atoms with E-state index in [9.17, 15) is 5.11 Å². The zero-order valence-electron chi connectivity index (χ0n) is 10.3. The van der Waals surface area contributed by atoms with Gasteiger partial charge in [0.25, 0.3) is 0 Å². The van der Waals surface area contributed by atoms with Gasteiger partial charge in [-0.2, -0.15) is 0 Å². The summed E-state index contributed by atoms with van der Waals surface area (Å²) in [4.78, 5) is 2.59. The molecule has 1 heterocycles. The fourth-order valence-electron chi connectivity index (χ4n) is 3.13. The summed E-state index contributed by atoms with van der Waals surface area (Å²) in [7, 11) is 0. The van der Waals surface area contributed by atoms with E-state index in [0.29, 0.717) is 6.54 Å². The third-order valence-corrected chi connectivity index (χ3v) is 4.45. The highest BCUT2D eigenvalue weighted by molar-refractivity contribution is 4.89. The summed E-state index contributed by atoms with van der Waals surface area (Å²) in [6.07, 6.45) is 10.1. The molecule has 2 aliphatic rings. The molecule has 0 spiro atoms. The second-order valence-corrected chi connectivity index (χ2v) is 5.61. The molecule has 3 heteroatoms. The van der Waals surface area contributed by atoms with Crippen molar-refractivity contribution in [2.45, 2.75) is 63.0 Å². The van der Waals surface area contributed by atoms with E-state index in [4.69, 9.17) is 5.73 Å². The lowest BCUT2D eigenvalue weighted by Gasteiger charge is -2.41. The first-order valence-corrected chi connectivity index (χ1v) is 6.90. The van der Waals surface area contributed by atoms with Crippen molar-refractivity contribution in [1.29, 1.82) is 0 Å². The minimum absolute atomic E-state index is 0.422. The average Bonchev–Trinajstić information content (AvgIpc) is 2.59. The van der Waals surface area contributed by atoms with Gasteiger partial charge in [-0.25, -0.2) is 0 Å². The molecule has 1 saturated carbocycles. The molecule has 3 nitrogen and oxygen atoms in total. The molecule has 0 atom stereocenters. The van der Waals surface area contributed by atoms with Crippen LogP contribution in [-0.4, -0.2) is 41.3 Å². The molecule has 1 saturated heterocycles. The first-order valence-electron chi connectivity index (χ1n) is 6.90. The number of hydrogen-bond acceptors (Lipinski definition) is 3. The molecule has 0 radical (unpaired) electrons. The van der Waals surface area contributed by atoms with Crippen LogP contribution in [-0.2, 0) is 0 Å². The summed E-state index contributed by atoms with van der Waals surface area (Å²) in [5.41, 5.74) is 5.05. The highest BCUT2D eigenvalue weighted by Gasteiger charge is 2.33. The molecule has 1 aliphatic heterocycles. The Labute approximate surface area is 99.0 Å². The average molecular weight is 226 g/mol. The lowest BCUT2D eigenvalue weighted by Crippen LogP contribution is -2.51. The number of likely N-dealkylation sites (tertiary alicyclic amines) is 1. The first-order chi connectivity index (χ1) is 7.73. The van der Waals surface area contributed by atoms with E-state index < -0.39 is 5.60 Å². The van der Waals surface area contributed by atoms with E-state index in [0.717, 1.165) is 32.0 Å². The Kier molecular flexibility index (Phi) is 4.22. The zero-order valence-corrected chi connectivity index (χ0v) is 10.3. The SMILES string of the molecule is NCC1(O)CCN(C2CCCCCC2)CC1. The Morgan fingerprint density at radius 3 is 2.12 bits per heavy atom. The van der Waals surface area contributed by atoms with Gasteiger partial charge in [-0.05, 0) is 25.7 Å². The first kappa shape index (κ1) is 12.3. The van der Waals surface area contributed by atoms with Crippen LogP contribution < -0.4 is 5.73 Å². The van der Waals surface area contributed by atoms with Crippen molar-refractivity contribution in [3.05, 3.63) is 0 Å². The Hall–Kier alpha value is -0.120. The summed E-state index contributed by atoms with van der Waals surface area (Å²) in [6, 6.07) is 0.782. The number of hydrogen-bond donors (Lipinski definition) is 2. The van der Waals surface area contributed by atoms with Gasteiger partial charge in [0.05, 0.1) is 5.60 Å². The van der Waals surface area contributed by atoms with Gasteiger partial charge in [0.15, 0.2) is 0 Å². The van der Waals surface area contributed by atoms with Gasteiger partial charge in [-0.1, -0.05) is 25.7 Å². The van der Waals surface area contributed by atoms with Gasteiger partial charge < -0.3 is 15.7 Å². The van der Waals surface area contributed by atoms with E-state index in [1.165, 1.54) is 38.5 Å². The van der Waals surface area contributed by atoms with Crippen LogP contribution in [0.2, 0.25) is 0 Å². The zero-order chi connectivity index (χ0) is 11.4. The number of aliphatic hydroxyl groups is 1. The molecule has 3 N–H and O–H groups in total. The van der Waals surface area contributed by atoms with Crippen LogP contribution in [0.4, 0.5) is 0 Å². The van der Waals surface area contributed by atoms with Gasteiger partial charge in [-0.3, -0.25) is 0 Å². The van der Waals surface area contributed by atoms with Crippen molar-refractivity contribution in [2.75, 3.05) is 19.6 Å². The highest BCUT2D eigenvalue weighted by Crippen LogP contribution is 2.27. The Bertz CT molecular complexity index is 204. The Morgan fingerprint density at radius 2 is 1.62 bits per heavy atom. The summed E-state index contributed by atoms with van der Waals surface area (Å²) in [6.45, 7) is 2.50. The van der Waals surface area contributed by atoms with Crippen LogP contribution in [0.1, 0.15) is 51.4 Å². The maximum atomic E-state index is 10.1. The molecule has 0 aromatic heterocycles. The number of rotatable bonds is 2. The Morgan fingerprint density at radius 1 is 1.06 bits per heavy atom. The standard InChI is InChI=1S/C13H26N2O/c14-11-13(16)7-9-15(10-8-13)12-5-3-1-2-4-6-12/h12,16H,1-11,14H2. The summed E-state index contributed by atoms with van der Waals surface area (Å²) in [5, 5.41) is 10.1. The van der Waals surface area contributed by atoms with Crippen molar-refractivity contribution in [3.63, 3.8) is 0 Å². The fraction of sp³-hybridized carbons (Fsp3) is 1.00. The van der Waals surface area contributed by atoms with Crippen LogP contribution in [0.5, 0.6) is 0 Å². The molecule has 16 heavy (non-hydrogen) atoms. The van der Waals surface area contributed by atoms with Crippen LogP contribution in [0, 0.1) is 0 Å². The van der Waals surface area contributed by atoms with Gasteiger partial charge in [-0.15, -0.1) is 0 Å². The predicted octanol–water partition coefficient (Wildman–Crippen LogP) is 1.49. The second kappa shape index (κ2) is 5.48. The summed E-state index contributed by atoms with van der Waals surface area (Å²) < 4.78 is 0. The molecule has 0 aromatic carbocycles.